The van der Waals surface area contributed by atoms with Crippen molar-refractivity contribution in [1.29, 1.82) is 0 Å². The molecule has 16 heavy (non-hydrogen) atoms. The second kappa shape index (κ2) is 4.88. The summed E-state index contributed by atoms with van der Waals surface area (Å²) in [7, 11) is 0. The average Bonchev–Trinajstić information content (AvgIpc) is 2.75. The molecule has 1 aromatic rings. The molecule has 0 N–H and O–H groups in total. The summed E-state index contributed by atoms with van der Waals surface area (Å²) in [5.41, 5.74) is 0.883. The van der Waals surface area contributed by atoms with Crippen LogP contribution in [0.4, 0.5) is 0 Å². The summed E-state index contributed by atoms with van der Waals surface area (Å²) in [6.45, 7) is 2.93. The average molecular weight is 238 g/mol. The molecule has 0 bridgehead atoms. The van der Waals surface area contributed by atoms with Crippen molar-refractivity contribution in [3.8, 4) is 0 Å². The van der Waals surface area contributed by atoms with E-state index < -0.39 is 5.38 Å². The van der Waals surface area contributed by atoms with Gasteiger partial charge in [0.05, 0.1) is 0 Å². The van der Waals surface area contributed by atoms with Gasteiger partial charge < -0.3 is 4.90 Å². The van der Waals surface area contributed by atoms with E-state index in [0.717, 1.165) is 24.9 Å². The SMILES string of the molecule is CC1CCCN1C(=O)C(Cl)c1ccccc1. The van der Waals surface area contributed by atoms with Gasteiger partial charge in [-0.05, 0) is 25.3 Å². The Bertz CT molecular complexity index is 365. The lowest BCUT2D eigenvalue weighted by atomic mass is 10.1. The van der Waals surface area contributed by atoms with E-state index in [4.69, 9.17) is 11.6 Å². The number of carbonyl (C=O) groups is 1. The van der Waals surface area contributed by atoms with E-state index in [1.807, 2.05) is 35.2 Å². The number of hydrogen-bond donors (Lipinski definition) is 0. The number of amides is 1. The third-order valence-electron chi connectivity index (χ3n) is 3.15. The molecule has 86 valence electrons. The van der Waals surface area contributed by atoms with Crippen molar-refractivity contribution in [2.75, 3.05) is 6.54 Å². The molecule has 3 heteroatoms. The first-order chi connectivity index (χ1) is 7.70. The molecule has 1 fully saturated rings. The van der Waals surface area contributed by atoms with Crippen LogP contribution in [0.1, 0.15) is 30.7 Å². The lowest BCUT2D eigenvalue weighted by Crippen LogP contribution is -2.35. The summed E-state index contributed by atoms with van der Waals surface area (Å²) in [6, 6.07) is 9.87. The smallest absolute Gasteiger partial charge is 0.245 e. The Labute approximate surface area is 101 Å². The normalized spacial score (nSPS) is 22.1. The van der Waals surface area contributed by atoms with Gasteiger partial charge in [-0.25, -0.2) is 0 Å². The second-order valence-corrected chi connectivity index (χ2v) is 4.73. The van der Waals surface area contributed by atoms with Crippen LogP contribution in [0.3, 0.4) is 0 Å². The fourth-order valence-corrected chi connectivity index (χ4v) is 2.44. The Morgan fingerprint density at radius 1 is 1.44 bits per heavy atom. The minimum Gasteiger partial charge on any atom is -0.338 e. The van der Waals surface area contributed by atoms with E-state index in [2.05, 4.69) is 6.92 Å². The molecule has 2 unspecified atom stereocenters. The van der Waals surface area contributed by atoms with Crippen molar-refractivity contribution in [1.82, 2.24) is 4.90 Å². The molecule has 1 heterocycles. The van der Waals surface area contributed by atoms with Crippen molar-refractivity contribution in [2.45, 2.75) is 31.2 Å². The predicted molar refractivity (Wildman–Crippen MR) is 65.4 cm³/mol. The highest BCUT2D eigenvalue weighted by atomic mass is 35.5. The molecule has 2 rings (SSSR count). The van der Waals surface area contributed by atoms with Crippen LogP contribution in [0.25, 0.3) is 0 Å². The van der Waals surface area contributed by atoms with Crippen molar-refractivity contribution in [2.24, 2.45) is 0 Å². The van der Waals surface area contributed by atoms with E-state index in [-0.39, 0.29) is 5.91 Å². The standard InChI is InChI=1S/C13H16ClNO/c1-10-6-5-9-15(10)13(16)12(14)11-7-3-2-4-8-11/h2-4,7-8,10,12H,5-6,9H2,1H3. The number of likely N-dealkylation sites (tertiary alicyclic amines) is 1. The van der Waals surface area contributed by atoms with E-state index in [9.17, 15) is 4.79 Å². The second-order valence-electron chi connectivity index (χ2n) is 4.30. The Morgan fingerprint density at radius 3 is 2.69 bits per heavy atom. The van der Waals surface area contributed by atoms with Gasteiger partial charge in [-0.2, -0.15) is 0 Å². The van der Waals surface area contributed by atoms with Crippen LogP contribution in [-0.2, 0) is 4.79 Å². The number of hydrogen-bond acceptors (Lipinski definition) is 1. The van der Waals surface area contributed by atoms with Gasteiger partial charge in [0, 0.05) is 12.6 Å². The molecule has 0 aromatic heterocycles. The minimum atomic E-state index is -0.540. The number of nitrogens with zero attached hydrogens (tertiary/aromatic N) is 1. The summed E-state index contributed by atoms with van der Waals surface area (Å²) < 4.78 is 0. The van der Waals surface area contributed by atoms with Gasteiger partial charge in [0.1, 0.15) is 5.38 Å². The third-order valence-corrected chi connectivity index (χ3v) is 3.58. The fourth-order valence-electron chi connectivity index (χ4n) is 2.17. The van der Waals surface area contributed by atoms with Gasteiger partial charge in [0.25, 0.3) is 0 Å². The largest absolute Gasteiger partial charge is 0.338 e. The number of rotatable bonds is 2. The van der Waals surface area contributed by atoms with Gasteiger partial charge in [-0.3, -0.25) is 4.79 Å². The lowest BCUT2D eigenvalue weighted by Gasteiger charge is -2.24. The Morgan fingerprint density at radius 2 is 2.12 bits per heavy atom. The Hall–Kier alpha value is -1.02. The number of alkyl halides is 1. The van der Waals surface area contributed by atoms with E-state index in [1.165, 1.54) is 0 Å². The fraction of sp³-hybridized carbons (Fsp3) is 0.462. The minimum absolute atomic E-state index is 0.0397. The summed E-state index contributed by atoms with van der Waals surface area (Å²) in [4.78, 5) is 14.0. The molecule has 1 amide bonds. The molecular formula is C13H16ClNO. The van der Waals surface area contributed by atoms with Crippen LogP contribution in [0.2, 0.25) is 0 Å². The van der Waals surface area contributed by atoms with Crippen LogP contribution in [0.5, 0.6) is 0 Å². The molecule has 1 aliphatic rings. The molecule has 1 aromatic carbocycles. The van der Waals surface area contributed by atoms with Crippen LogP contribution < -0.4 is 0 Å². The zero-order valence-corrected chi connectivity index (χ0v) is 10.2. The molecule has 2 nitrogen and oxygen atoms in total. The molecule has 2 atom stereocenters. The quantitative estimate of drug-likeness (QED) is 0.725. The van der Waals surface area contributed by atoms with E-state index in [0.29, 0.717) is 6.04 Å². The molecule has 0 radical (unpaired) electrons. The van der Waals surface area contributed by atoms with Crippen LogP contribution in [0.15, 0.2) is 30.3 Å². The molecule has 1 saturated heterocycles. The monoisotopic (exact) mass is 237 g/mol. The van der Waals surface area contributed by atoms with Crippen molar-refractivity contribution < 1.29 is 4.79 Å². The van der Waals surface area contributed by atoms with E-state index >= 15 is 0 Å². The third kappa shape index (κ3) is 2.22. The molecular weight excluding hydrogens is 222 g/mol. The van der Waals surface area contributed by atoms with Gasteiger partial charge >= 0.3 is 0 Å². The zero-order valence-electron chi connectivity index (χ0n) is 9.40. The molecule has 0 spiro atoms. The summed E-state index contributed by atoms with van der Waals surface area (Å²) in [6.07, 6.45) is 2.18. The van der Waals surface area contributed by atoms with Crippen LogP contribution in [0, 0.1) is 0 Å². The summed E-state index contributed by atoms with van der Waals surface area (Å²) >= 11 is 6.21. The highest BCUT2D eigenvalue weighted by molar-refractivity contribution is 6.30. The maximum absolute atomic E-state index is 12.2. The van der Waals surface area contributed by atoms with Gasteiger partial charge in [0.15, 0.2) is 0 Å². The van der Waals surface area contributed by atoms with Gasteiger partial charge in [-0.1, -0.05) is 30.3 Å². The maximum atomic E-state index is 12.2. The van der Waals surface area contributed by atoms with Gasteiger partial charge in [-0.15, -0.1) is 11.6 Å². The Balaban J connectivity index is 2.10. The highest BCUT2D eigenvalue weighted by Crippen LogP contribution is 2.27. The van der Waals surface area contributed by atoms with Crippen LogP contribution >= 0.6 is 11.6 Å². The predicted octanol–water partition coefficient (Wildman–Crippen LogP) is 2.98. The highest BCUT2D eigenvalue weighted by Gasteiger charge is 2.30. The zero-order chi connectivity index (χ0) is 11.5. The first-order valence-electron chi connectivity index (χ1n) is 5.69. The number of halogens is 1. The maximum Gasteiger partial charge on any atom is 0.245 e. The van der Waals surface area contributed by atoms with Crippen molar-refractivity contribution >= 4 is 17.5 Å². The van der Waals surface area contributed by atoms with Crippen molar-refractivity contribution in [3.05, 3.63) is 35.9 Å². The molecule has 0 saturated carbocycles. The topological polar surface area (TPSA) is 20.3 Å². The summed E-state index contributed by atoms with van der Waals surface area (Å²) in [5, 5.41) is -0.540. The number of benzene rings is 1. The van der Waals surface area contributed by atoms with Gasteiger partial charge in [0.2, 0.25) is 5.91 Å². The summed E-state index contributed by atoms with van der Waals surface area (Å²) in [5.74, 6) is 0.0397. The first kappa shape index (κ1) is 11.5. The van der Waals surface area contributed by atoms with Crippen LogP contribution in [-0.4, -0.2) is 23.4 Å². The molecule has 0 aliphatic carbocycles. The first-order valence-corrected chi connectivity index (χ1v) is 6.13. The molecule has 1 aliphatic heterocycles. The lowest BCUT2D eigenvalue weighted by molar-refractivity contribution is -0.131. The van der Waals surface area contributed by atoms with E-state index in [1.54, 1.807) is 0 Å². The number of carbonyl (C=O) groups excluding carboxylic acids is 1. The van der Waals surface area contributed by atoms with Crippen molar-refractivity contribution in [3.63, 3.8) is 0 Å². The Kier molecular flexibility index (Phi) is 3.49.